The van der Waals surface area contributed by atoms with Crippen LogP contribution in [0.4, 0.5) is 0 Å². The molecule has 1 aliphatic heterocycles. The molecule has 1 rings (SSSR count). The van der Waals surface area contributed by atoms with Gasteiger partial charge in [-0.15, -0.1) is 0 Å². The molecule has 1 saturated heterocycles. The summed E-state index contributed by atoms with van der Waals surface area (Å²) >= 11 is 0. The van der Waals surface area contributed by atoms with E-state index in [0.29, 0.717) is 24.7 Å². The van der Waals surface area contributed by atoms with E-state index in [0.717, 1.165) is 19.5 Å². The van der Waals surface area contributed by atoms with Crippen molar-refractivity contribution in [2.75, 3.05) is 19.3 Å². The van der Waals surface area contributed by atoms with Crippen LogP contribution in [0.15, 0.2) is 0 Å². The molecule has 3 nitrogen and oxygen atoms in total. The third-order valence-corrected chi connectivity index (χ3v) is 4.58. The molecule has 0 amide bonds. The van der Waals surface area contributed by atoms with Gasteiger partial charge >= 0.3 is 0 Å². The summed E-state index contributed by atoms with van der Waals surface area (Å²) in [5, 5.41) is 0.259. The third kappa shape index (κ3) is 4.03. The second-order valence-corrected chi connectivity index (χ2v) is 6.28. The Labute approximate surface area is 94.7 Å². The number of hydrogen-bond donors (Lipinski definition) is 0. The number of carbonyl (C=O) groups excluding carboxylic acids is 1. The van der Waals surface area contributed by atoms with E-state index >= 15 is 0 Å². The van der Waals surface area contributed by atoms with Crippen LogP contribution in [0, 0.1) is 0 Å². The highest BCUT2D eigenvalue weighted by molar-refractivity contribution is 7.84. The van der Waals surface area contributed by atoms with Crippen molar-refractivity contribution in [3.05, 3.63) is 0 Å². The van der Waals surface area contributed by atoms with Gasteiger partial charge in [-0.05, 0) is 19.9 Å². The molecule has 0 aromatic carbocycles. The van der Waals surface area contributed by atoms with Crippen LogP contribution < -0.4 is 0 Å². The molecule has 0 spiro atoms. The van der Waals surface area contributed by atoms with Crippen molar-refractivity contribution < 1.29 is 9.00 Å². The quantitative estimate of drug-likeness (QED) is 0.729. The minimum Gasteiger partial charge on any atom is -0.300 e. The average molecular weight is 231 g/mol. The summed E-state index contributed by atoms with van der Waals surface area (Å²) in [4.78, 5) is 13.5. The number of nitrogens with zero attached hydrogens (tertiary/aromatic N) is 1. The van der Waals surface area contributed by atoms with Gasteiger partial charge in [0.15, 0.2) is 0 Å². The van der Waals surface area contributed by atoms with Crippen LogP contribution >= 0.6 is 0 Å². The first kappa shape index (κ1) is 12.8. The van der Waals surface area contributed by atoms with Gasteiger partial charge in [-0.3, -0.25) is 13.9 Å². The monoisotopic (exact) mass is 231 g/mol. The second kappa shape index (κ2) is 5.75. The zero-order valence-corrected chi connectivity index (χ0v) is 10.7. The fourth-order valence-electron chi connectivity index (χ4n) is 1.90. The normalized spacial score (nSPS) is 27.7. The molecule has 0 bridgehead atoms. The Morgan fingerprint density at radius 3 is 2.80 bits per heavy atom. The Kier molecular flexibility index (Phi) is 4.93. The van der Waals surface area contributed by atoms with Gasteiger partial charge in [-0.1, -0.05) is 6.92 Å². The fourth-order valence-corrected chi connectivity index (χ4v) is 2.33. The minimum atomic E-state index is -0.726. The molecular weight excluding hydrogens is 210 g/mol. The van der Waals surface area contributed by atoms with E-state index in [1.54, 1.807) is 6.26 Å². The summed E-state index contributed by atoms with van der Waals surface area (Å²) in [7, 11) is -0.726. The van der Waals surface area contributed by atoms with E-state index in [4.69, 9.17) is 0 Å². The lowest BCUT2D eigenvalue weighted by molar-refractivity contribution is -0.122. The van der Waals surface area contributed by atoms with Crippen LogP contribution in [0.2, 0.25) is 0 Å². The van der Waals surface area contributed by atoms with E-state index in [9.17, 15) is 9.00 Å². The van der Waals surface area contributed by atoms with Crippen LogP contribution in [0.25, 0.3) is 0 Å². The van der Waals surface area contributed by atoms with Gasteiger partial charge in [0.05, 0.1) is 0 Å². The number of piperidine rings is 1. The van der Waals surface area contributed by atoms with Crippen molar-refractivity contribution in [1.82, 2.24) is 4.90 Å². The molecule has 0 aliphatic carbocycles. The van der Waals surface area contributed by atoms with Gasteiger partial charge in [0.25, 0.3) is 0 Å². The van der Waals surface area contributed by atoms with Gasteiger partial charge in [-0.25, -0.2) is 0 Å². The van der Waals surface area contributed by atoms with Crippen LogP contribution in [0.1, 0.15) is 33.1 Å². The molecular formula is C11H21NO2S. The fraction of sp³-hybridized carbons (Fsp3) is 0.909. The lowest BCUT2D eigenvalue weighted by atomic mass is 10.0. The first-order valence-electron chi connectivity index (χ1n) is 5.58. The lowest BCUT2D eigenvalue weighted by Gasteiger charge is -2.33. The van der Waals surface area contributed by atoms with E-state index in [-0.39, 0.29) is 5.25 Å². The summed E-state index contributed by atoms with van der Waals surface area (Å²) < 4.78 is 11.2. The Morgan fingerprint density at radius 2 is 2.27 bits per heavy atom. The molecule has 0 saturated carbocycles. The number of likely N-dealkylation sites (tertiary alicyclic amines) is 1. The van der Waals surface area contributed by atoms with E-state index < -0.39 is 10.8 Å². The number of rotatable bonds is 4. The maximum Gasteiger partial charge on any atom is 0.135 e. The maximum atomic E-state index is 11.2. The molecule has 0 N–H and O–H groups in total. The van der Waals surface area contributed by atoms with Crippen molar-refractivity contribution in [2.24, 2.45) is 0 Å². The highest BCUT2D eigenvalue weighted by atomic mass is 32.2. The number of hydrogen-bond acceptors (Lipinski definition) is 3. The molecule has 0 aromatic rings. The third-order valence-electron chi connectivity index (χ3n) is 3.21. The number of carbonyl (C=O) groups is 1. The van der Waals surface area contributed by atoms with Crippen LogP contribution in [-0.2, 0) is 15.6 Å². The van der Waals surface area contributed by atoms with Gasteiger partial charge in [0, 0.05) is 47.7 Å². The molecule has 3 unspecified atom stereocenters. The van der Waals surface area contributed by atoms with Gasteiger partial charge < -0.3 is 0 Å². The van der Waals surface area contributed by atoms with Crippen molar-refractivity contribution >= 4 is 16.6 Å². The zero-order chi connectivity index (χ0) is 11.4. The molecule has 15 heavy (non-hydrogen) atoms. The molecule has 1 aliphatic rings. The van der Waals surface area contributed by atoms with Crippen LogP contribution in [0.3, 0.4) is 0 Å². The van der Waals surface area contributed by atoms with Gasteiger partial charge in [0.1, 0.15) is 5.78 Å². The van der Waals surface area contributed by atoms with Crippen LogP contribution in [0.5, 0.6) is 0 Å². The summed E-state index contributed by atoms with van der Waals surface area (Å²) in [6, 6.07) is 0.365. The highest BCUT2D eigenvalue weighted by Crippen LogP contribution is 2.15. The molecule has 1 heterocycles. The molecule has 1 fully saturated rings. The van der Waals surface area contributed by atoms with Crippen molar-refractivity contribution in [3.63, 3.8) is 0 Å². The van der Waals surface area contributed by atoms with Gasteiger partial charge in [0.2, 0.25) is 0 Å². The largest absolute Gasteiger partial charge is 0.300 e. The summed E-state index contributed by atoms with van der Waals surface area (Å²) in [6.07, 6.45) is 4.09. The molecule has 4 heteroatoms. The molecule has 88 valence electrons. The van der Waals surface area contributed by atoms with Crippen LogP contribution in [-0.4, -0.2) is 45.5 Å². The average Bonchev–Trinajstić information content (AvgIpc) is 2.15. The minimum absolute atomic E-state index is 0.259. The maximum absolute atomic E-state index is 11.2. The first-order valence-corrected chi connectivity index (χ1v) is 7.20. The smallest absolute Gasteiger partial charge is 0.135 e. The predicted molar refractivity (Wildman–Crippen MR) is 63.4 cm³/mol. The lowest BCUT2D eigenvalue weighted by Crippen LogP contribution is -2.42. The predicted octanol–water partition coefficient (Wildman–Crippen LogP) is 1.20. The van der Waals surface area contributed by atoms with Gasteiger partial charge in [-0.2, -0.15) is 0 Å². The van der Waals surface area contributed by atoms with Crippen molar-refractivity contribution in [1.29, 1.82) is 0 Å². The zero-order valence-electron chi connectivity index (χ0n) is 9.86. The Bertz CT molecular complexity index is 255. The van der Waals surface area contributed by atoms with E-state index in [2.05, 4.69) is 11.8 Å². The summed E-state index contributed by atoms with van der Waals surface area (Å²) in [6.45, 7) is 5.97. The topological polar surface area (TPSA) is 37.4 Å². The SMILES string of the molecule is CC1CC(=O)CCN1CCC(C)S(C)=O. The van der Waals surface area contributed by atoms with Crippen molar-refractivity contribution in [2.45, 2.75) is 44.4 Å². The first-order chi connectivity index (χ1) is 7.00. The van der Waals surface area contributed by atoms with E-state index in [1.807, 2.05) is 6.92 Å². The Hall–Kier alpha value is -0.220. The number of ketones is 1. The second-order valence-electron chi connectivity index (χ2n) is 4.48. The van der Waals surface area contributed by atoms with E-state index in [1.165, 1.54) is 0 Å². The Morgan fingerprint density at radius 1 is 1.60 bits per heavy atom. The molecule has 0 radical (unpaired) electrons. The summed E-state index contributed by atoms with van der Waals surface area (Å²) in [5.41, 5.74) is 0. The highest BCUT2D eigenvalue weighted by Gasteiger charge is 2.23. The summed E-state index contributed by atoms with van der Waals surface area (Å²) in [5.74, 6) is 0.380. The standard InChI is InChI=1S/C11H21NO2S/c1-9-8-11(13)5-7-12(9)6-4-10(2)15(3)14/h9-10H,4-8H2,1-3H3. The molecule has 3 atom stereocenters. The molecule has 0 aromatic heterocycles. The Balaban J connectivity index is 2.32. The number of Topliss-reactive ketones (excluding diaryl/α,β-unsaturated/α-hetero) is 1. The van der Waals surface area contributed by atoms with Crippen molar-refractivity contribution in [3.8, 4) is 0 Å².